The van der Waals surface area contributed by atoms with E-state index in [0.29, 0.717) is 36.4 Å². The number of hydrogen-bond acceptors (Lipinski definition) is 36. The quantitative estimate of drug-likeness (QED) is 0.0269. The van der Waals surface area contributed by atoms with Crippen molar-refractivity contribution in [1.29, 1.82) is 0 Å². The van der Waals surface area contributed by atoms with Crippen molar-refractivity contribution in [3.63, 3.8) is 0 Å². The van der Waals surface area contributed by atoms with E-state index in [1.54, 1.807) is 0 Å². The number of carboxylic acid groups (broad SMARTS) is 2. The number of nitrogen functional groups attached to an aromatic ring is 4. The zero-order valence-electron chi connectivity index (χ0n) is 48.2. The molecular formula is C40H28N12Na8O24S6. The minimum Gasteiger partial charge on any atom is -0.744 e. The number of nitrogens with zero attached hydrogens (tertiary/aromatic N) is 8. The van der Waals surface area contributed by atoms with Crippen LogP contribution in [-0.4, -0.2) is 104 Å². The normalized spacial score (nSPS) is 11.6. The first-order valence-corrected chi connectivity index (χ1v) is 29.1. The minimum absolute atomic E-state index is 0. The average Bonchev–Trinajstić information content (AvgIpc) is 2.27. The third-order valence-electron chi connectivity index (χ3n) is 10.1. The first-order chi connectivity index (χ1) is 37.7. The Morgan fingerprint density at radius 2 is 0.567 bits per heavy atom. The maximum atomic E-state index is 11.8. The topological polar surface area (TPSA) is 645 Å². The van der Waals surface area contributed by atoms with Gasteiger partial charge in [0.2, 0.25) is 0 Å². The van der Waals surface area contributed by atoms with E-state index in [0.717, 1.165) is 62.8 Å². The largest absolute Gasteiger partial charge is 1.00 e. The van der Waals surface area contributed by atoms with Gasteiger partial charge in [0.1, 0.15) is 106 Å². The maximum absolute atomic E-state index is 11.8. The van der Waals surface area contributed by atoms with Crippen molar-refractivity contribution >= 4 is 141 Å². The maximum Gasteiger partial charge on any atom is 1.00 e. The van der Waals surface area contributed by atoms with E-state index in [9.17, 15) is 97.6 Å². The van der Waals surface area contributed by atoms with Gasteiger partial charge in [0.05, 0.1) is 89.7 Å². The molecule has 6 aromatic rings. The Kier molecular flexibility index (Phi) is 41.0. The van der Waals surface area contributed by atoms with Crippen LogP contribution < -0.4 is 279 Å². The smallest absolute Gasteiger partial charge is 0.744 e. The molecule has 6 aromatic carbocycles. The minimum atomic E-state index is -5.39. The van der Waals surface area contributed by atoms with Gasteiger partial charge in [-0.15, -0.1) is 40.9 Å². The van der Waals surface area contributed by atoms with Gasteiger partial charge >= 0.3 is 236 Å². The van der Waals surface area contributed by atoms with Crippen LogP contribution in [0.1, 0.15) is 20.7 Å². The van der Waals surface area contributed by atoms with E-state index < -0.39 is 170 Å². The van der Waals surface area contributed by atoms with E-state index in [2.05, 4.69) is 40.9 Å². The molecule has 0 bridgehead atoms. The molecule has 0 heterocycles. The van der Waals surface area contributed by atoms with E-state index in [1.165, 1.54) is 0 Å². The number of ether oxygens (including phenoxy) is 2. The third-order valence-corrected chi connectivity index (χ3v) is 15.1. The van der Waals surface area contributed by atoms with E-state index in [4.69, 9.17) is 32.4 Å². The molecular weight excluding hydrogens is 1410 g/mol. The molecule has 90 heavy (non-hydrogen) atoms. The SMILES string of the molecule is COc1cc(S(=O)(=O)[O-])ccc1N=Nc1cc(S(=O)(=O)[O-])c(N)c(N=Nc2ccc(S(=O)(=O)[O-])cc2OC)c1N.Nc1c(N=Nc2ccc(S(=O)(=O)[O-])cc2C(=O)[O-])cc(S(=O)(=O)[O-])c(N)c1N=Nc1ccc(S(=O)(=O)[O-])cc1C(=O)[O-].[Na+].[Na+].[Na+].[Na+].[Na+].[Na+].[Na+].[Na+]. The van der Waals surface area contributed by atoms with Crippen molar-refractivity contribution in [3.05, 3.63) is 96.1 Å². The van der Waals surface area contributed by atoms with Gasteiger partial charge in [-0.25, -0.2) is 50.5 Å². The molecule has 0 aliphatic heterocycles. The number of azo groups is 4. The molecule has 0 aliphatic carbocycles. The second-order valence-corrected chi connectivity index (χ2v) is 23.5. The van der Waals surface area contributed by atoms with Gasteiger partial charge in [0.15, 0.2) is 0 Å². The predicted molar refractivity (Wildman–Crippen MR) is 263 cm³/mol. The molecule has 0 saturated heterocycles. The van der Waals surface area contributed by atoms with Gasteiger partial charge < -0.3 is 79.5 Å². The van der Waals surface area contributed by atoms with E-state index in [1.807, 2.05) is 0 Å². The van der Waals surface area contributed by atoms with Crippen LogP contribution in [0, 0.1) is 0 Å². The Bertz CT molecular complexity index is 4520. The molecule has 36 nitrogen and oxygen atoms in total. The summed E-state index contributed by atoms with van der Waals surface area (Å²) in [6.07, 6.45) is 0. The number of benzene rings is 6. The van der Waals surface area contributed by atoms with Gasteiger partial charge in [-0.2, -0.15) is 0 Å². The molecule has 0 aliphatic rings. The molecule has 50 heteroatoms. The second kappa shape index (κ2) is 38.8. The number of hydrogen-bond donors (Lipinski definition) is 4. The van der Waals surface area contributed by atoms with Gasteiger partial charge in [-0.05, 0) is 84.9 Å². The predicted octanol–water partition coefficient (Wildman–Crippen LogP) is -22.4. The summed E-state index contributed by atoms with van der Waals surface area (Å²) in [6.45, 7) is 0. The Morgan fingerprint density at radius 3 is 0.822 bits per heavy atom. The third kappa shape index (κ3) is 25.4. The van der Waals surface area contributed by atoms with Gasteiger partial charge in [-0.3, -0.25) is 0 Å². The standard InChI is InChI=1S/C20H16N6O13S3.C20H20N6O11S3.8Na/c21-16-14(25-23-12-3-1-8(40(31,32)33)5-10(12)19(27)28)7-15(42(37,38)39)17(22)18(16)26-24-13-4-2-9(41(34,35)36)6-11(13)20(29)30;1-36-15-7-10(38(27,28)29)3-5-12(15)23-25-14-9-17(40(33,34)35)19(22)20(18(14)21)26-24-13-6-4-11(39(30,31)32)8-16(13)37-2;;;;;;;;/h1-7H,21-22H2,(H,27,28)(H,29,30)(H,31,32,33)(H,34,35,36)(H,37,38,39);3-9H,21-22H2,1-2H3,(H,27,28,29)(H,30,31,32)(H,33,34,35);;;;;;;;/q;;8*+1/p-8. The molecule has 0 spiro atoms. The van der Waals surface area contributed by atoms with Crippen molar-refractivity contribution in [2.75, 3.05) is 37.2 Å². The zero-order valence-corrected chi connectivity index (χ0v) is 69.1. The molecule has 0 aromatic heterocycles. The van der Waals surface area contributed by atoms with Gasteiger partial charge in [-0.1, -0.05) is 0 Å². The summed E-state index contributed by atoms with van der Waals surface area (Å²) in [6, 6.07) is 10.6. The van der Waals surface area contributed by atoms with Crippen molar-refractivity contribution in [2.24, 2.45) is 40.9 Å². The monoisotopic (exact) mass is 1440 g/mol. The Labute approximate surface area is 688 Å². The van der Waals surface area contributed by atoms with Crippen molar-refractivity contribution < 1.29 is 344 Å². The van der Waals surface area contributed by atoms with E-state index >= 15 is 0 Å². The molecule has 8 N–H and O–H groups in total. The fourth-order valence-corrected chi connectivity index (χ4v) is 9.39. The van der Waals surface area contributed by atoms with Crippen LogP contribution in [0.4, 0.5) is 68.2 Å². The van der Waals surface area contributed by atoms with Gasteiger partial charge in [0, 0.05) is 11.1 Å². The number of nitrogens with two attached hydrogens (primary N) is 4. The van der Waals surface area contributed by atoms with Crippen LogP contribution in [0.3, 0.4) is 0 Å². The first kappa shape index (κ1) is 95.3. The summed E-state index contributed by atoms with van der Waals surface area (Å²) in [5.41, 5.74) is 15.0. The number of carboxylic acids is 2. The summed E-state index contributed by atoms with van der Waals surface area (Å²) in [5.74, 6) is -4.39. The molecule has 0 radical (unpaired) electrons. The van der Waals surface area contributed by atoms with Crippen LogP contribution in [0.25, 0.3) is 0 Å². The zero-order chi connectivity index (χ0) is 61.8. The van der Waals surface area contributed by atoms with Crippen LogP contribution in [0.15, 0.2) is 155 Å². The Morgan fingerprint density at radius 1 is 0.333 bits per heavy atom. The molecule has 436 valence electrons. The van der Waals surface area contributed by atoms with Crippen molar-refractivity contribution in [1.82, 2.24) is 0 Å². The number of aromatic carboxylic acids is 2. The molecule has 6 rings (SSSR count). The second-order valence-electron chi connectivity index (χ2n) is 15.3. The number of carbonyl (C=O) groups excluding carboxylic acids is 2. The molecule has 0 fully saturated rings. The molecule has 0 amide bonds. The van der Waals surface area contributed by atoms with Crippen LogP contribution >= 0.6 is 0 Å². The Balaban J connectivity index is -0.000000755. The fourth-order valence-electron chi connectivity index (χ4n) is 6.18. The fraction of sp³-hybridized carbons (Fsp3) is 0.0500. The number of carbonyl (C=O) groups is 2. The van der Waals surface area contributed by atoms with Crippen molar-refractivity contribution in [3.8, 4) is 11.5 Å². The Hall–Kier alpha value is -1.08. The number of methoxy groups -OCH3 is 2. The summed E-state index contributed by atoms with van der Waals surface area (Å²) < 4.78 is 216. The van der Waals surface area contributed by atoms with Crippen LogP contribution in [0.2, 0.25) is 0 Å². The average molecular weight is 1440 g/mol. The van der Waals surface area contributed by atoms with E-state index in [-0.39, 0.29) is 259 Å². The van der Waals surface area contributed by atoms with Crippen LogP contribution in [-0.2, 0) is 60.7 Å². The van der Waals surface area contributed by atoms with Crippen molar-refractivity contribution in [2.45, 2.75) is 29.4 Å². The first-order valence-electron chi connectivity index (χ1n) is 20.6. The molecule has 0 atom stereocenters. The number of rotatable bonds is 18. The number of anilines is 4. The summed E-state index contributed by atoms with van der Waals surface area (Å²) in [4.78, 5) is 17.6. The summed E-state index contributed by atoms with van der Waals surface area (Å²) >= 11 is 0. The summed E-state index contributed by atoms with van der Waals surface area (Å²) in [5, 5.41) is 52.1. The van der Waals surface area contributed by atoms with Gasteiger partial charge in [0.25, 0.3) is 0 Å². The summed E-state index contributed by atoms with van der Waals surface area (Å²) in [7, 11) is -28.1. The van der Waals surface area contributed by atoms with Crippen LogP contribution in [0.5, 0.6) is 11.5 Å². The molecule has 0 unspecified atom stereocenters. The molecule has 0 saturated carbocycles.